The van der Waals surface area contributed by atoms with Crippen LogP contribution in [0, 0.1) is 13.8 Å². The van der Waals surface area contributed by atoms with Gasteiger partial charge in [-0.25, -0.2) is 0 Å². The number of hydrogen-bond donors (Lipinski definition) is 2. The molecule has 0 aliphatic rings. The van der Waals surface area contributed by atoms with Gasteiger partial charge in [0.15, 0.2) is 0 Å². The number of amides is 2. The molecule has 0 aliphatic heterocycles. The van der Waals surface area contributed by atoms with Gasteiger partial charge in [0, 0.05) is 23.4 Å². The highest BCUT2D eigenvalue weighted by Gasteiger charge is 2.12. The molecule has 0 bridgehead atoms. The third-order valence-corrected chi connectivity index (χ3v) is 3.64. The molecule has 120 valence electrons. The highest BCUT2D eigenvalue weighted by molar-refractivity contribution is 6.06. The van der Waals surface area contributed by atoms with Crippen molar-refractivity contribution in [1.82, 2.24) is 5.32 Å². The van der Waals surface area contributed by atoms with Gasteiger partial charge in [-0.15, -0.1) is 0 Å². The van der Waals surface area contributed by atoms with Crippen molar-refractivity contribution >= 4 is 17.5 Å². The number of nitrogens with one attached hydrogen (secondary N) is 2. The summed E-state index contributed by atoms with van der Waals surface area (Å²) in [4.78, 5) is 24.5. The van der Waals surface area contributed by atoms with Gasteiger partial charge in [-0.2, -0.15) is 0 Å². The fraction of sp³-hybridized carbons (Fsp3) is 0.263. The summed E-state index contributed by atoms with van der Waals surface area (Å²) in [5.41, 5.74) is 3.80. The predicted octanol–water partition coefficient (Wildman–Crippen LogP) is 3.70. The van der Waals surface area contributed by atoms with Crippen LogP contribution >= 0.6 is 0 Å². The lowest BCUT2D eigenvalue weighted by atomic mass is 10.1. The molecule has 2 aromatic carbocycles. The molecule has 2 aromatic rings. The average molecular weight is 310 g/mol. The molecule has 2 N–H and O–H groups in total. The Balaban J connectivity index is 2.18. The van der Waals surface area contributed by atoms with Gasteiger partial charge in [-0.1, -0.05) is 31.2 Å². The molecule has 0 spiro atoms. The summed E-state index contributed by atoms with van der Waals surface area (Å²) in [5.74, 6) is -0.374. The number of rotatable bonds is 5. The minimum atomic E-state index is -0.215. The van der Waals surface area contributed by atoms with Crippen LogP contribution in [-0.4, -0.2) is 18.4 Å². The second-order valence-electron chi connectivity index (χ2n) is 5.56. The summed E-state index contributed by atoms with van der Waals surface area (Å²) < 4.78 is 0. The Bertz CT molecular complexity index is 703. The third kappa shape index (κ3) is 4.19. The summed E-state index contributed by atoms with van der Waals surface area (Å²) in [6.07, 6.45) is 0.873. The molecule has 4 heteroatoms. The topological polar surface area (TPSA) is 58.2 Å². The maximum absolute atomic E-state index is 12.5. The van der Waals surface area contributed by atoms with Crippen molar-refractivity contribution in [3.63, 3.8) is 0 Å². The summed E-state index contributed by atoms with van der Waals surface area (Å²) in [6.45, 7) is 6.53. The van der Waals surface area contributed by atoms with E-state index in [-0.39, 0.29) is 11.8 Å². The van der Waals surface area contributed by atoms with Gasteiger partial charge in [-0.3, -0.25) is 9.59 Å². The second kappa shape index (κ2) is 7.58. The first-order valence-electron chi connectivity index (χ1n) is 7.78. The predicted molar refractivity (Wildman–Crippen MR) is 92.9 cm³/mol. The molecule has 0 saturated heterocycles. The van der Waals surface area contributed by atoms with Crippen LogP contribution in [0.1, 0.15) is 45.2 Å². The lowest BCUT2D eigenvalue weighted by molar-refractivity contribution is 0.0953. The smallest absolute Gasteiger partial charge is 0.255 e. The fourth-order valence-electron chi connectivity index (χ4n) is 2.34. The molecular weight excluding hydrogens is 288 g/mol. The van der Waals surface area contributed by atoms with Crippen molar-refractivity contribution in [1.29, 1.82) is 0 Å². The molecule has 0 heterocycles. The van der Waals surface area contributed by atoms with E-state index in [0.29, 0.717) is 17.7 Å². The van der Waals surface area contributed by atoms with Crippen LogP contribution < -0.4 is 10.6 Å². The summed E-state index contributed by atoms with van der Waals surface area (Å²) in [5, 5.41) is 5.75. The Morgan fingerprint density at radius 2 is 1.48 bits per heavy atom. The minimum absolute atomic E-state index is 0.159. The van der Waals surface area contributed by atoms with Crippen LogP contribution in [-0.2, 0) is 0 Å². The van der Waals surface area contributed by atoms with E-state index in [2.05, 4.69) is 10.6 Å². The highest BCUT2D eigenvalue weighted by Crippen LogP contribution is 2.20. The first kappa shape index (κ1) is 16.7. The molecule has 0 saturated carbocycles. The van der Waals surface area contributed by atoms with Gasteiger partial charge >= 0.3 is 0 Å². The molecule has 2 rings (SSSR count). The number of benzene rings is 2. The maximum atomic E-state index is 12.5. The van der Waals surface area contributed by atoms with E-state index in [9.17, 15) is 9.59 Å². The molecular formula is C19H22N2O2. The van der Waals surface area contributed by atoms with Crippen molar-refractivity contribution < 1.29 is 9.59 Å². The van der Waals surface area contributed by atoms with Crippen LogP contribution in [0.5, 0.6) is 0 Å². The monoisotopic (exact) mass is 310 g/mol. The number of hydrogen-bond acceptors (Lipinski definition) is 2. The zero-order valence-corrected chi connectivity index (χ0v) is 13.8. The normalized spacial score (nSPS) is 10.2. The van der Waals surface area contributed by atoms with Crippen LogP contribution in [0.15, 0.2) is 42.5 Å². The van der Waals surface area contributed by atoms with Gasteiger partial charge < -0.3 is 10.6 Å². The molecule has 4 nitrogen and oxygen atoms in total. The summed E-state index contributed by atoms with van der Waals surface area (Å²) in [6, 6.07) is 12.6. The highest BCUT2D eigenvalue weighted by atomic mass is 16.2. The van der Waals surface area contributed by atoms with Crippen LogP contribution in [0.2, 0.25) is 0 Å². The van der Waals surface area contributed by atoms with E-state index < -0.39 is 0 Å². The Morgan fingerprint density at radius 1 is 0.913 bits per heavy atom. The molecule has 2 amide bonds. The molecule has 0 fully saturated rings. The number of anilines is 1. The molecule has 0 aromatic heterocycles. The summed E-state index contributed by atoms with van der Waals surface area (Å²) >= 11 is 0. The Kier molecular flexibility index (Phi) is 5.52. The zero-order chi connectivity index (χ0) is 16.8. The number of aryl methyl sites for hydroxylation is 2. The van der Waals surface area contributed by atoms with E-state index >= 15 is 0 Å². The fourth-order valence-corrected chi connectivity index (χ4v) is 2.34. The van der Waals surface area contributed by atoms with Gasteiger partial charge in [-0.05, 0) is 49.6 Å². The lowest BCUT2D eigenvalue weighted by Gasteiger charge is -2.12. The largest absolute Gasteiger partial charge is 0.352 e. The first-order chi connectivity index (χ1) is 11.0. The van der Waals surface area contributed by atoms with E-state index in [1.807, 2.05) is 39.0 Å². The number of carbonyl (C=O) groups is 2. The van der Waals surface area contributed by atoms with Crippen LogP contribution in [0.25, 0.3) is 0 Å². The zero-order valence-electron chi connectivity index (χ0n) is 13.8. The van der Waals surface area contributed by atoms with E-state index in [0.717, 1.165) is 23.2 Å². The molecule has 0 aliphatic carbocycles. The van der Waals surface area contributed by atoms with Gasteiger partial charge in [0.2, 0.25) is 0 Å². The van der Waals surface area contributed by atoms with Crippen molar-refractivity contribution in [2.75, 3.05) is 11.9 Å². The van der Waals surface area contributed by atoms with Crippen molar-refractivity contribution in [2.45, 2.75) is 27.2 Å². The Hall–Kier alpha value is -2.62. The Labute approximate surface area is 136 Å². The number of para-hydroxylation sites is 1. The van der Waals surface area contributed by atoms with Gasteiger partial charge in [0.25, 0.3) is 11.8 Å². The summed E-state index contributed by atoms with van der Waals surface area (Å²) in [7, 11) is 0. The molecule has 0 radical (unpaired) electrons. The van der Waals surface area contributed by atoms with Gasteiger partial charge in [0.05, 0.1) is 0 Å². The second-order valence-corrected chi connectivity index (χ2v) is 5.56. The SMILES string of the molecule is CCCNC(=O)c1cccc(C(=O)Nc2c(C)cccc2C)c1. The lowest BCUT2D eigenvalue weighted by Crippen LogP contribution is -2.24. The average Bonchev–Trinajstić information content (AvgIpc) is 2.56. The quantitative estimate of drug-likeness (QED) is 0.884. The van der Waals surface area contributed by atoms with E-state index in [1.165, 1.54) is 0 Å². The van der Waals surface area contributed by atoms with E-state index in [4.69, 9.17) is 0 Å². The van der Waals surface area contributed by atoms with Crippen molar-refractivity contribution in [3.05, 3.63) is 64.7 Å². The molecule has 23 heavy (non-hydrogen) atoms. The minimum Gasteiger partial charge on any atom is -0.352 e. The third-order valence-electron chi connectivity index (χ3n) is 3.64. The van der Waals surface area contributed by atoms with E-state index in [1.54, 1.807) is 24.3 Å². The van der Waals surface area contributed by atoms with Crippen LogP contribution in [0.4, 0.5) is 5.69 Å². The van der Waals surface area contributed by atoms with Crippen LogP contribution in [0.3, 0.4) is 0 Å². The van der Waals surface area contributed by atoms with Gasteiger partial charge in [0.1, 0.15) is 0 Å². The first-order valence-corrected chi connectivity index (χ1v) is 7.78. The maximum Gasteiger partial charge on any atom is 0.255 e. The Morgan fingerprint density at radius 3 is 2.09 bits per heavy atom. The van der Waals surface area contributed by atoms with Crippen molar-refractivity contribution in [3.8, 4) is 0 Å². The number of carbonyl (C=O) groups excluding carboxylic acids is 2. The molecule has 0 atom stereocenters. The van der Waals surface area contributed by atoms with Crippen molar-refractivity contribution in [2.24, 2.45) is 0 Å². The standard InChI is InChI=1S/C19H22N2O2/c1-4-11-20-18(22)15-9-6-10-16(12-15)19(23)21-17-13(2)7-5-8-14(17)3/h5-10,12H,4,11H2,1-3H3,(H,20,22)(H,21,23). The molecule has 0 unspecified atom stereocenters.